The zero-order valence-electron chi connectivity index (χ0n) is 16.5. The van der Waals surface area contributed by atoms with E-state index in [0.29, 0.717) is 42.5 Å². The maximum Gasteiger partial charge on any atom is 0.321 e. The number of benzene rings is 2. The van der Waals surface area contributed by atoms with Crippen LogP contribution < -0.4 is 5.32 Å². The van der Waals surface area contributed by atoms with Gasteiger partial charge in [0.1, 0.15) is 12.7 Å². The van der Waals surface area contributed by atoms with Gasteiger partial charge in [0.15, 0.2) is 0 Å². The number of carbonyl (C=O) groups is 2. The number of anilines is 1. The molecule has 3 aromatic rings. The average molecular weight is 425 g/mol. The van der Waals surface area contributed by atoms with Gasteiger partial charge in [0, 0.05) is 42.5 Å². The third-order valence-corrected chi connectivity index (χ3v) is 5.48. The summed E-state index contributed by atoms with van der Waals surface area (Å²) in [5.41, 5.74) is 3.05. The Morgan fingerprint density at radius 2 is 1.70 bits per heavy atom. The van der Waals surface area contributed by atoms with Crippen LogP contribution in [0.3, 0.4) is 0 Å². The monoisotopic (exact) mass is 424 g/mol. The fourth-order valence-corrected chi connectivity index (χ4v) is 3.45. The van der Waals surface area contributed by atoms with E-state index in [1.807, 2.05) is 31.2 Å². The van der Waals surface area contributed by atoms with Crippen LogP contribution in [0.15, 0.2) is 55.1 Å². The third-order valence-electron chi connectivity index (χ3n) is 5.07. The van der Waals surface area contributed by atoms with Crippen LogP contribution in [0.5, 0.6) is 0 Å². The fourth-order valence-electron chi connectivity index (χ4n) is 3.27. The van der Waals surface area contributed by atoms with Crippen molar-refractivity contribution in [2.45, 2.75) is 6.92 Å². The molecule has 0 atom stereocenters. The summed E-state index contributed by atoms with van der Waals surface area (Å²) in [7, 11) is 0. The van der Waals surface area contributed by atoms with Crippen molar-refractivity contribution in [2.24, 2.45) is 0 Å². The van der Waals surface area contributed by atoms with Gasteiger partial charge >= 0.3 is 6.03 Å². The normalized spacial score (nSPS) is 13.9. The van der Waals surface area contributed by atoms with Gasteiger partial charge in [-0.1, -0.05) is 17.7 Å². The predicted molar refractivity (Wildman–Crippen MR) is 114 cm³/mol. The summed E-state index contributed by atoms with van der Waals surface area (Å²) in [6, 6.07) is 12.4. The molecule has 1 aromatic heterocycles. The molecular formula is C21H21ClN6O2. The van der Waals surface area contributed by atoms with Crippen molar-refractivity contribution in [1.82, 2.24) is 24.6 Å². The minimum atomic E-state index is -0.195. The highest BCUT2D eigenvalue weighted by molar-refractivity contribution is 6.31. The second kappa shape index (κ2) is 8.54. The van der Waals surface area contributed by atoms with Crippen LogP contribution in [0.4, 0.5) is 10.5 Å². The lowest BCUT2D eigenvalue weighted by Gasteiger charge is -2.34. The summed E-state index contributed by atoms with van der Waals surface area (Å²) in [5.74, 6) is -0.0504. The van der Waals surface area contributed by atoms with Gasteiger partial charge in [-0.2, -0.15) is 5.10 Å². The van der Waals surface area contributed by atoms with Crippen molar-refractivity contribution in [2.75, 3.05) is 31.5 Å². The minimum absolute atomic E-state index is 0.0504. The molecule has 3 amide bonds. The molecule has 0 spiro atoms. The number of piperazine rings is 1. The first-order valence-corrected chi connectivity index (χ1v) is 9.95. The van der Waals surface area contributed by atoms with Crippen LogP contribution in [0.25, 0.3) is 5.69 Å². The van der Waals surface area contributed by atoms with E-state index >= 15 is 0 Å². The molecule has 154 valence electrons. The van der Waals surface area contributed by atoms with E-state index in [0.717, 1.165) is 11.3 Å². The predicted octanol–water partition coefficient (Wildman–Crippen LogP) is 3.22. The van der Waals surface area contributed by atoms with Crippen LogP contribution >= 0.6 is 11.6 Å². The molecule has 8 nitrogen and oxygen atoms in total. The Morgan fingerprint density at radius 3 is 2.33 bits per heavy atom. The number of aryl methyl sites for hydroxylation is 1. The Hall–Kier alpha value is -3.39. The molecule has 0 unspecified atom stereocenters. The second-order valence-electron chi connectivity index (χ2n) is 7.06. The smallest absolute Gasteiger partial charge is 0.321 e. The number of urea groups is 1. The first-order valence-electron chi connectivity index (χ1n) is 9.58. The van der Waals surface area contributed by atoms with E-state index in [4.69, 9.17) is 11.6 Å². The van der Waals surface area contributed by atoms with Gasteiger partial charge in [-0.25, -0.2) is 14.5 Å². The van der Waals surface area contributed by atoms with Crippen molar-refractivity contribution in [3.05, 3.63) is 71.3 Å². The summed E-state index contributed by atoms with van der Waals surface area (Å²) in [5, 5.41) is 7.54. The van der Waals surface area contributed by atoms with Crippen molar-refractivity contribution >= 4 is 29.2 Å². The van der Waals surface area contributed by atoms with Gasteiger partial charge < -0.3 is 15.1 Å². The zero-order chi connectivity index (χ0) is 21.1. The molecule has 9 heteroatoms. The van der Waals surface area contributed by atoms with E-state index < -0.39 is 0 Å². The van der Waals surface area contributed by atoms with Gasteiger partial charge in [0.25, 0.3) is 5.91 Å². The van der Waals surface area contributed by atoms with Gasteiger partial charge in [0.2, 0.25) is 0 Å². The standard InChI is InChI=1S/C21H21ClN6O2/c1-15-2-5-17(12-19(15)22)25-21(30)27-10-8-26(9-11-27)20(29)16-3-6-18(7-4-16)28-14-23-13-24-28/h2-7,12-14H,8-11H2,1H3,(H,25,30). The molecule has 1 aliphatic heterocycles. The number of rotatable bonds is 3. The summed E-state index contributed by atoms with van der Waals surface area (Å²) in [6.45, 7) is 3.80. The lowest BCUT2D eigenvalue weighted by atomic mass is 10.1. The van der Waals surface area contributed by atoms with Crippen molar-refractivity contribution in [3.8, 4) is 5.69 Å². The lowest BCUT2D eigenvalue weighted by Crippen LogP contribution is -2.51. The average Bonchev–Trinajstić information content (AvgIpc) is 3.31. The van der Waals surface area contributed by atoms with E-state index in [-0.39, 0.29) is 11.9 Å². The van der Waals surface area contributed by atoms with Crippen LogP contribution in [-0.4, -0.2) is 62.7 Å². The number of hydrogen-bond donors (Lipinski definition) is 1. The van der Waals surface area contributed by atoms with Crippen LogP contribution in [0, 0.1) is 6.92 Å². The molecule has 30 heavy (non-hydrogen) atoms. The first kappa shape index (κ1) is 19.9. The van der Waals surface area contributed by atoms with E-state index in [2.05, 4.69) is 15.4 Å². The largest absolute Gasteiger partial charge is 0.335 e. The molecular weight excluding hydrogens is 404 g/mol. The number of hydrogen-bond acceptors (Lipinski definition) is 4. The SMILES string of the molecule is Cc1ccc(NC(=O)N2CCN(C(=O)c3ccc(-n4cncn4)cc3)CC2)cc1Cl. The van der Waals surface area contributed by atoms with E-state index in [1.165, 1.54) is 6.33 Å². The number of nitrogens with zero attached hydrogens (tertiary/aromatic N) is 5. The maximum atomic E-state index is 12.8. The summed E-state index contributed by atoms with van der Waals surface area (Å²) in [6.07, 6.45) is 3.06. The molecule has 0 radical (unpaired) electrons. The van der Waals surface area contributed by atoms with E-state index in [1.54, 1.807) is 39.0 Å². The van der Waals surface area contributed by atoms with Gasteiger partial charge in [0.05, 0.1) is 5.69 Å². The molecule has 0 bridgehead atoms. The Morgan fingerprint density at radius 1 is 1.00 bits per heavy atom. The Balaban J connectivity index is 1.33. The second-order valence-corrected chi connectivity index (χ2v) is 7.47. The van der Waals surface area contributed by atoms with Crippen LogP contribution in [0.1, 0.15) is 15.9 Å². The molecule has 4 rings (SSSR count). The zero-order valence-corrected chi connectivity index (χ0v) is 17.2. The third kappa shape index (κ3) is 4.28. The van der Waals surface area contributed by atoms with Crippen LogP contribution in [0.2, 0.25) is 5.02 Å². The van der Waals surface area contributed by atoms with Crippen LogP contribution in [-0.2, 0) is 0 Å². The quantitative estimate of drug-likeness (QED) is 0.699. The van der Waals surface area contributed by atoms with Crippen molar-refractivity contribution in [1.29, 1.82) is 0 Å². The summed E-state index contributed by atoms with van der Waals surface area (Å²) < 4.78 is 1.63. The number of aromatic nitrogens is 3. The highest BCUT2D eigenvalue weighted by Crippen LogP contribution is 2.20. The number of carbonyl (C=O) groups excluding carboxylic acids is 2. The summed E-state index contributed by atoms with van der Waals surface area (Å²) in [4.78, 5) is 32.7. The lowest BCUT2D eigenvalue weighted by molar-refractivity contribution is 0.0671. The molecule has 0 saturated carbocycles. The summed E-state index contributed by atoms with van der Waals surface area (Å²) >= 11 is 6.12. The van der Waals surface area contributed by atoms with Gasteiger partial charge in [-0.15, -0.1) is 0 Å². The van der Waals surface area contributed by atoms with Gasteiger partial charge in [-0.05, 0) is 48.9 Å². The Bertz CT molecular complexity index is 1040. The topological polar surface area (TPSA) is 83.4 Å². The molecule has 1 N–H and O–H groups in total. The maximum absolute atomic E-state index is 12.8. The molecule has 1 saturated heterocycles. The highest BCUT2D eigenvalue weighted by Gasteiger charge is 2.25. The molecule has 2 aromatic carbocycles. The van der Waals surface area contributed by atoms with Crippen molar-refractivity contribution in [3.63, 3.8) is 0 Å². The first-order chi connectivity index (χ1) is 14.5. The highest BCUT2D eigenvalue weighted by atomic mass is 35.5. The molecule has 0 aliphatic carbocycles. The number of amides is 3. The molecule has 2 heterocycles. The van der Waals surface area contributed by atoms with Gasteiger partial charge in [-0.3, -0.25) is 4.79 Å². The molecule has 1 fully saturated rings. The van der Waals surface area contributed by atoms with E-state index in [9.17, 15) is 9.59 Å². The Labute approximate surface area is 179 Å². The number of halogens is 1. The Kier molecular flexibility index (Phi) is 5.67. The minimum Gasteiger partial charge on any atom is -0.335 e. The fraction of sp³-hybridized carbons (Fsp3) is 0.238. The molecule has 1 aliphatic rings. The van der Waals surface area contributed by atoms with Crippen molar-refractivity contribution < 1.29 is 9.59 Å². The number of nitrogens with one attached hydrogen (secondary N) is 1.